The third kappa shape index (κ3) is 25.1. The van der Waals surface area contributed by atoms with E-state index in [1.165, 1.54) is 6.92 Å². The molecule has 16 N–H and O–H groups in total. The Hall–Kier alpha value is -6.60. The highest BCUT2D eigenvalue weighted by molar-refractivity contribution is 5.97. The van der Waals surface area contributed by atoms with E-state index in [1.54, 1.807) is 92.6 Å². The van der Waals surface area contributed by atoms with Gasteiger partial charge in [0.15, 0.2) is 5.96 Å². The molecule has 10 atom stereocenters. The van der Waals surface area contributed by atoms with Crippen LogP contribution in [-0.4, -0.2) is 160 Å². The number of nitrogens with two attached hydrogens (primary N) is 2. The van der Waals surface area contributed by atoms with E-state index < -0.39 is 139 Å². The van der Waals surface area contributed by atoms with Crippen LogP contribution < -0.4 is 54.0 Å². The fraction of sp³-hybridized carbons (Fsp3) is 0.667. The lowest BCUT2D eigenvalue weighted by atomic mass is 9.96. The molecular formula is C48H83N11O14. The molecule has 25 nitrogen and oxygen atoms in total. The Bertz CT molecular complexity index is 1990. The summed E-state index contributed by atoms with van der Waals surface area (Å²) >= 11 is 0. The Kier molecular flexibility index (Phi) is 29.5. The number of alkyl carbamates (subject to hydrolysis) is 1. The number of carboxylic acid groups (broad SMARTS) is 1. The van der Waals surface area contributed by atoms with Gasteiger partial charge in [0.1, 0.15) is 47.9 Å². The average molecular weight is 1040 g/mol. The van der Waals surface area contributed by atoms with Crippen molar-refractivity contribution in [3.05, 3.63) is 35.9 Å². The predicted molar refractivity (Wildman–Crippen MR) is 271 cm³/mol. The van der Waals surface area contributed by atoms with E-state index in [0.717, 1.165) is 0 Å². The molecule has 1 aromatic carbocycles. The van der Waals surface area contributed by atoms with Crippen LogP contribution in [0.25, 0.3) is 0 Å². The van der Waals surface area contributed by atoms with Gasteiger partial charge in [-0.1, -0.05) is 85.7 Å². The number of carboxylic acids is 1. The highest BCUT2D eigenvalue weighted by Crippen LogP contribution is 2.15. The van der Waals surface area contributed by atoms with Gasteiger partial charge in [0.25, 0.3) is 0 Å². The third-order valence-corrected chi connectivity index (χ3v) is 10.9. The first kappa shape index (κ1) is 66.4. The number of nitrogens with one attached hydrogen (secondary N) is 8. The van der Waals surface area contributed by atoms with Crippen molar-refractivity contribution in [3.8, 4) is 0 Å². The predicted octanol–water partition coefficient (Wildman–Crippen LogP) is -1.60. The lowest BCUT2D eigenvalue weighted by Crippen LogP contribution is -2.62. The van der Waals surface area contributed by atoms with Crippen molar-refractivity contribution in [2.75, 3.05) is 19.7 Å². The minimum absolute atomic E-state index is 0. The van der Waals surface area contributed by atoms with Gasteiger partial charge in [-0.15, -0.1) is 0 Å². The summed E-state index contributed by atoms with van der Waals surface area (Å²) in [6, 6.07) is -1.97. The number of aliphatic hydroxyl groups is 3. The van der Waals surface area contributed by atoms with Crippen molar-refractivity contribution in [3.63, 3.8) is 0 Å². The maximum Gasteiger partial charge on any atom is 0.408 e. The van der Waals surface area contributed by atoms with Crippen molar-refractivity contribution in [1.29, 1.82) is 0 Å². The first-order chi connectivity index (χ1) is 33.5. The average Bonchev–Trinajstić information content (AvgIpc) is 3.28. The van der Waals surface area contributed by atoms with E-state index in [9.17, 15) is 63.6 Å². The van der Waals surface area contributed by atoms with Crippen LogP contribution in [0.4, 0.5) is 4.79 Å². The second-order valence-corrected chi connectivity index (χ2v) is 19.3. The quantitative estimate of drug-likeness (QED) is 0.0235. The van der Waals surface area contributed by atoms with Crippen LogP contribution in [-0.2, 0) is 49.5 Å². The van der Waals surface area contributed by atoms with E-state index >= 15 is 0 Å². The SMILES string of the molecule is C.CC[C@H](C)[C@H](NC(=O)[C@@H](CCCN=C(N)N)NC(=O)[C@H](CC(C)C)NC(=O)[C@@H](NC(=O)OC(C)(C)C)[C@H](O)C(C)C)C(=O)N[C@H](C(=O)NCC(=O)N[C@@H](Cc1ccccc1)C(=O)N[C@@H](CO)C(=O)O)[C@H](C)O. The molecule has 0 saturated carbocycles. The summed E-state index contributed by atoms with van der Waals surface area (Å²) in [6.45, 7) is 14.5. The van der Waals surface area contributed by atoms with Crippen molar-refractivity contribution >= 4 is 59.4 Å². The molecule has 0 spiro atoms. The van der Waals surface area contributed by atoms with Crippen LogP contribution in [0.15, 0.2) is 35.3 Å². The molecule has 0 bridgehead atoms. The molecule has 0 radical (unpaired) electrons. The number of hydrogen-bond donors (Lipinski definition) is 14. The number of aliphatic hydroxyl groups excluding tert-OH is 3. The number of ether oxygens (including phenoxy) is 1. The standard InChI is InChI=1S/C47H79N11O14.CH4/c1-11-26(6)34(42(67)57-35(27(7)60)41(66)51-22-33(61)52-31(21-28-16-13-12-14-17-28)40(65)55-32(23-59)44(69)70)56-38(63)29(18-15-19-50-45(48)49)53-39(64)30(20-24(2)3)54-43(68)36(37(62)25(4)5)58-46(71)72-47(8,9)10;/h12-14,16-17,24-27,29-32,34-37,59-60,62H,11,15,18-23H2,1-10H3,(H,51,66)(H,52,61)(H,53,64)(H,54,68)(H,55,65)(H,56,63)(H,57,67)(H,58,71)(H,69,70)(H4,48,49,50);1H4/t26-,27-,29+,30-,31-,32-,34-,35-,36-,37+;/m0./s1. The van der Waals surface area contributed by atoms with Crippen LogP contribution in [0.2, 0.25) is 0 Å². The van der Waals surface area contributed by atoms with Crippen LogP contribution in [0.5, 0.6) is 0 Å². The molecule has 1 aromatic rings. The minimum atomic E-state index is -1.70. The molecular weight excluding hydrogens is 955 g/mol. The molecule has 0 aliphatic heterocycles. The molecule has 0 aromatic heterocycles. The number of carbonyl (C=O) groups is 9. The van der Waals surface area contributed by atoms with E-state index in [4.69, 9.17) is 16.2 Å². The Balaban J connectivity index is 0.0000518. The van der Waals surface area contributed by atoms with Crippen molar-refractivity contribution in [2.45, 2.75) is 169 Å². The third-order valence-electron chi connectivity index (χ3n) is 10.9. The Morgan fingerprint density at radius 2 is 1.22 bits per heavy atom. The molecule has 1 rings (SSSR count). The van der Waals surface area contributed by atoms with Crippen LogP contribution in [0, 0.1) is 17.8 Å². The van der Waals surface area contributed by atoms with Crippen LogP contribution in [0.3, 0.4) is 0 Å². The van der Waals surface area contributed by atoms with Crippen molar-refractivity contribution in [2.24, 2.45) is 34.2 Å². The topological polar surface area (TPSA) is 404 Å². The molecule has 0 aliphatic rings. The van der Waals surface area contributed by atoms with E-state index in [0.29, 0.717) is 12.0 Å². The van der Waals surface area contributed by atoms with Gasteiger partial charge in [0.05, 0.1) is 25.4 Å². The second-order valence-electron chi connectivity index (χ2n) is 19.3. The van der Waals surface area contributed by atoms with Gasteiger partial charge in [-0.25, -0.2) is 9.59 Å². The van der Waals surface area contributed by atoms with E-state index in [1.807, 2.05) is 0 Å². The second kappa shape index (κ2) is 32.5. The Labute approximate surface area is 427 Å². The number of hydrogen-bond acceptors (Lipinski definition) is 14. The van der Waals surface area contributed by atoms with E-state index in [-0.39, 0.29) is 51.5 Å². The van der Waals surface area contributed by atoms with Gasteiger partial charge < -0.3 is 79.2 Å². The monoisotopic (exact) mass is 1040 g/mol. The zero-order chi connectivity index (χ0) is 55.0. The first-order valence-corrected chi connectivity index (χ1v) is 23.9. The summed E-state index contributed by atoms with van der Waals surface area (Å²) in [4.78, 5) is 124. The Morgan fingerprint density at radius 1 is 0.685 bits per heavy atom. The molecule has 414 valence electrons. The number of amides is 8. The highest BCUT2D eigenvalue weighted by Gasteiger charge is 2.38. The summed E-state index contributed by atoms with van der Waals surface area (Å²) in [6.07, 6.45) is -3.66. The number of guanidine groups is 1. The first-order valence-electron chi connectivity index (χ1n) is 23.9. The summed E-state index contributed by atoms with van der Waals surface area (Å²) < 4.78 is 5.30. The molecule has 0 aliphatic carbocycles. The zero-order valence-corrected chi connectivity index (χ0v) is 42.9. The molecule has 0 fully saturated rings. The lowest BCUT2D eigenvalue weighted by molar-refractivity contribution is -0.143. The zero-order valence-electron chi connectivity index (χ0n) is 42.9. The number of aliphatic carboxylic acids is 1. The molecule has 0 unspecified atom stereocenters. The normalized spacial score (nSPS) is 15.3. The lowest BCUT2D eigenvalue weighted by Gasteiger charge is -2.31. The van der Waals surface area contributed by atoms with Gasteiger partial charge in [-0.3, -0.25) is 38.6 Å². The summed E-state index contributed by atoms with van der Waals surface area (Å²) in [5.41, 5.74) is 10.6. The van der Waals surface area contributed by atoms with Gasteiger partial charge in [-0.05, 0) is 70.3 Å². The summed E-state index contributed by atoms with van der Waals surface area (Å²) in [5.74, 6) is -9.51. The van der Waals surface area contributed by atoms with Gasteiger partial charge in [-0.2, -0.15) is 0 Å². The Morgan fingerprint density at radius 3 is 1.73 bits per heavy atom. The molecule has 8 amide bonds. The molecule has 73 heavy (non-hydrogen) atoms. The molecule has 0 heterocycles. The van der Waals surface area contributed by atoms with Crippen LogP contribution >= 0.6 is 0 Å². The number of aliphatic imine (C=N–C) groups is 1. The van der Waals surface area contributed by atoms with Crippen molar-refractivity contribution < 1.29 is 68.3 Å². The smallest absolute Gasteiger partial charge is 0.408 e. The van der Waals surface area contributed by atoms with Gasteiger partial charge in [0, 0.05) is 13.0 Å². The summed E-state index contributed by atoms with van der Waals surface area (Å²) in [7, 11) is 0. The maximum absolute atomic E-state index is 14.2. The number of rotatable bonds is 30. The molecule has 0 saturated heterocycles. The van der Waals surface area contributed by atoms with Crippen LogP contribution in [0.1, 0.15) is 108 Å². The van der Waals surface area contributed by atoms with Gasteiger partial charge >= 0.3 is 12.1 Å². The fourth-order valence-corrected chi connectivity index (χ4v) is 6.78. The van der Waals surface area contributed by atoms with E-state index in [2.05, 4.69) is 47.5 Å². The number of benzene rings is 1. The largest absolute Gasteiger partial charge is 0.480 e. The maximum atomic E-state index is 14.2. The van der Waals surface area contributed by atoms with Crippen molar-refractivity contribution in [1.82, 2.24) is 42.5 Å². The summed E-state index contributed by atoms with van der Waals surface area (Å²) in [5, 5.41) is 59.9. The highest BCUT2D eigenvalue weighted by atomic mass is 16.6. The fourth-order valence-electron chi connectivity index (χ4n) is 6.78. The number of carbonyl (C=O) groups excluding carboxylic acids is 8. The molecule has 25 heteroatoms. The minimum Gasteiger partial charge on any atom is -0.480 e. The van der Waals surface area contributed by atoms with Gasteiger partial charge in [0.2, 0.25) is 41.4 Å². The number of nitrogens with zero attached hydrogens (tertiary/aromatic N) is 1.